The fourth-order valence-electron chi connectivity index (χ4n) is 7.90. The lowest BCUT2D eigenvalue weighted by atomic mass is 9.58. The Labute approximate surface area is 225 Å². The summed E-state index contributed by atoms with van der Waals surface area (Å²) in [4.78, 5) is 15.3. The van der Waals surface area contributed by atoms with E-state index in [0.29, 0.717) is 12.0 Å². The van der Waals surface area contributed by atoms with E-state index in [-0.39, 0.29) is 24.7 Å². The van der Waals surface area contributed by atoms with Crippen molar-refractivity contribution in [2.45, 2.75) is 75.3 Å². The molecule has 0 aliphatic heterocycles. The van der Waals surface area contributed by atoms with Crippen LogP contribution in [0, 0.1) is 11.7 Å². The number of hydrogen-bond acceptors (Lipinski definition) is 2. The Morgan fingerprint density at radius 2 is 1.89 bits per heavy atom. The van der Waals surface area contributed by atoms with E-state index >= 15 is 0 Å². The van der Waals surface area contributed by atoms with Gasteiger partial charge in [-0.1, -0.05) is 49.1 Å². The third-order valence-corrected chi connectivity index (χ3v) is 9.85. The predicted octanol–water partition coefficient (Wildman–Crippen LogP) is 6.96. The number of halogens is 1. The molecule has 4 aliphatic rings. The molecule has 0 saturated heterocycles. The summed E-state index contributed by atoms with van der Waals surface area (Å²) >= 11 is 0. The Balaban J connectivity index is 0.00000277. The Morgan fingerprint density at radius 1 is 1.11 bits per heavy atom. The maximum Gasteiger partial charge on any atom is 0.317 e. The van der Waals surface area contributed by atoms with Gasteiger partial charge < -0.3 is 10.2 Å². The van der Waals surface area contributed by atoms with Gasteiger partial charge in [0.1, 0.15) is 5.82 Å². The first-order valence-corrected chi connectivity index (χ1v) is 14.2. The highest BCUT2D eigenvalue weighted by molar-refractivity contribution is 5.75. The first kappa shape index (κ1) is 23.7. The molecule has 1 aromatic heterocycles. The molecule has 1 spiro atoms. The van der Waals surface area contributed by atoms with Gasteiger partial charge in [-0.15, -0.1) is 0 Å². The number of benzene rings is 2. The van der Waals surface area contributed by atoms with Crippen LogP contribution in [0.1, 0.15) is 81.2 Å². The fourth-order valence-corrected chi connectivity index (χ4v) is 7.90. The van der Waals surface area contributed by atoms with Gasteiger partial charge in [-0.05, 0) is 91.5 Å². The third kappa shape index (κ3) is 3.63. The fraction of sp³-hybridized carbons (Fsp3) is 0.438. The number of urea groups is 1. The summed E-state index contributed by atoms with van der Waals surface area (Å²) in [6, 6.07) is 15.8. The maximum atomic E-state index is 13.5. The number of aromatic nitrogens is 2. The Kier molecular flexibility index (Phi) is 5.68. The number of carbonyl (C=O) groups excluding carboxylic acids is 1. The molecule has 2 amide bonds. The van der Waals surface area contributed by atoms with Crippen LogP contribution in [0.25, 0.3) is 11.8 Å². The number of carbonyl (C=O) groups is 1. The Bertz CT molecular complexity index is 1410. The highest BCUT2D eigenvalue weighted by Gasteiger charge is 2.54. The van der Waals surface area contributed by atoms with Crippen molar-refractivity contribution in [2.24, 2.45) is 5.92 Å². The molecule has 38 heavy (non-hydrogen) atoms. The lowest BCUT2D eigenvalue weighted by molar-refractivity contribution is 0.164. The second kappa shape index (κ2) is 9.11. The second-order valence-corrected chi connectivity index (χ2v) is 11.7. The predicted molar refractivity (Wildman–Crippen MR) is 149 cm³/mol. The first-order valence-electron chi connectivity index (χ1n) is 14.2. The number of nitrogens with one attached hydrogen (secondary N) is 1. The summed E-state index contributed by atoms with van der Waals surface area (Å²) in [5.74, 6) is 0.229. The molecular formula is C32H37FN4O. The lowest BCUT2D eigenvalue weighted by Crippen LogP contribution is -2.49. The number of allylic oxidation sites excluding steroid dienone is 1. The highest BCUT2D eigenvalue weighted by Crippen LogP contribution is 2.60. The van der Waals surface area contributed by atoms with E-state index in [4.69, 9.17) is 5.10 Å². The van der Waals surface area contributed by atoms with Crippen LogP contribution in [0.15, 0.2) is 60.3 Å². The average Bonchev–Trinajstić information content (AvgIpc) is 3.53. The molecular weight excluding hydrogens is 475 g/mol. The highest BCUT2D eigenvalue weighted by atomic mass is 19.1. The van der Waals surface area contributed by atoms with Gasteiger partial charge in [-0.2, -0.15) is 5.10 Å². The zero-order chi connectivity index (χ0) is 25.9. The van der Waals surface area contributed by atoms with E-state index in [2.05, 4.69) is 35.7 Å². The molecule has 1 N–H and O–H groups in total. The molecule has 6 heteroatoms. The van der Waals surface area contributed by atoms with Crippen LogP contribution >= 0.6 is 0 Å². The summed E-state index contributed by atoms with van der Waals surface area (Å²) in [5, 5.41) is 8.17. The van der Waals surface area contributed by atoms with Crippen molar-refractivity contribution in [1.82, 2.24) is 20.0 Å². The molecule has 198 valence electrons. The lowest BCUT2D eigenvalue weighted by Gasteiger charge is -2.47. The van der Waals surface area contributed by atoms with Crippen molar-refractivity contribution in [2.75, 3.05) is 7.05 Å². The Hall–Kier alpha value is -3.41. The number of fused-ring (bicyclic) bond motifs is 2. The van der Waals surface area contributed by atoms with E-state index in [9.17, 15) is 9.18 Å². The Morgan fingerprint density at radius 3 is 2.71 bits per heavy atom. The van der Waals surface area contributed by atoms with E-state index < -0.39 is 0 Å². The quantitative estimate of drug-likeness (QED) is 0.412. The van der Waals surface area contributed by atoms with Gasteiger partial charge in [-0.3, -0.25) is 0 Å². The topological polar surface area (TPSA) is 50.2 Å². The molecule has 1 unspecified atom stereocenters. The number of nitrogens with zero attached hydrogens (tertiary/aromatic N) is 3. The minimum Gasteiger partial charge on any atom is -0.331 e. The van der Waals surface area contributed by atoms with Gasteiger partial charge in [0.2, 0.25) is 0 Å². The molecule has 3 aromatic rings. The smallest absolute Gasteiger partial charge is 0.317 e. The van der Waals surface area contributed by atoms with Gasteiger partial charge >= 0.3 is 6.03 Å². The second-order valence-electron chi connectivity index (χ2n) is 11.7. The van der Waals surface area contributed by atoms with Crippen LogP contribution in [-0.2, 0) is 11.8 Å². The minimum absolute atomic E-state index is 0. The van der Waals surface area contributed by atoms with Crippen molar-refractivity contribution in [3.8, 4) is 5.69 Å². The van der Waals surface area contributed by atoms with Crippen molar-refractivity contribution < 1.29 is 10.6 Å². The van der Waals surface area contributed by atoms with E-state index in [1.165, 1.54) is 53.7 Å². The monoisotopic (exact) mass is 512 g/mol. The van der Waals surface area contributed by atoms with Crippen LogP contribution in [0.3, 0.4) is 0 Å². The summed E-state index contributed by atoms with van der Waals surface area (Å²) in [6.45, 7) is 0. The van der Waals surface area contributed by atoms with Crippen molar-refractivity contribution in [3.63, 3.8) is 0 Å². The molecule has 4 aliphatic carbocycles. The van der Waals surface area contributed by atoms with Crippen molar-refractivity contribution >= 4 is 12.1 Å². The van der Waals surface area contributed by atoms with Crippen LogP contribution in [0.5, 0.6) is 0 Å². The van der Waals surface area contributed by atoms with E-state index in [1.807, 2.05) is 22.8 Å². The van der Waals surface area contributed by atoms with Crippen LogP contribution < -0.4 is 5.32 Å². The first-order chi connectivity index (χ1) is 18.5. The zero-order valence-corrected chi connectivity index (χ0v) is 22.0. The summed E-state index contributed by atoms with van der Waals surface area (Å²) in [5.41, 5.74) is 7.28. The molecule has 7 rings (SSSR count). The summed E-state index contributed by atoms with van der Waals surface area (Å²) in [7, 11) is 1.97. The molecule has 2 saturated carbocycles. The molecule has 3 atom stereocenters. The molecule has 2 fully saturated rings. The third-order valence-electron chi connectivity index (χ3n) is 9.85. The minimum atomic E-state index is -0.240. The molecule has 1 heterocycles. The van der Waals surface area contributed by atoms with E-state index in [0.717, 1.165) is 49.9 Å². The standard InChI is InChI=1S/C32H35FN4O.H2/c1-36(25-7-3-2-4-8-25)31(38)35-29-17-22-11-12-23-18-30-21(19-32(22,23)28-10-6-5-9-27(28)29)20-34-37(30)26-15-13-24(33)14-16-26;/h5-6,9-10,13-16,18,20,22,25,29H,2-4,7-8,11-12,17,19H2,1H3,(H,35,38);1H/t22-,29?,32+;/m1./s1. The largest absolute Gasteiger partial charge is 0.331 e. The van der Waals surface area contributed by atoms with Crippen LogP contribution in [0.2, 0.25) is 0 Å². The molecule has 0 bridgehead atoms. The number of rotatable bonds is 3. The van der Waals surface area contributed by atoms with Crippen molar-refractivity contribution in [1.29, 1.82) is 0 Å². The van der Waals surface area contributed by atoms with Gasteiger partial charge in [0.25, 0.3) is 0 Å². The number of amides is 2. The van der Waals surface area contributed by atoms with Gasteiger partial charge in [0.15, 0.2) is 0 Å². The van der Waals surface area contributed by atoms with Gasteiger partial charge in [-0.25, -0.2) is 13.9 Å². The van der Waals surface area contributed by atoms with Gasteiger partial charge in [0, 0.05) is 19.9 Å². The van der Waals surface area contributed by atoms with Crippen LogP contribution in [-0.4, -0.2) is 33.8 Å². The van der Waals surface area contributed by atoms with Crippen LogP contribution in [0.4, 0.5) is 9.18 Å². The maximum absolute atomic E-state index is 13.5. The summed E-state index contributed by atoms with van der Waals surface area (Å²) in [6.07, 6.45) is 14.3. The average molecular weight is 513 g/mol. The van der Waals surface area contributed by atoms with Gasteiger partial charge in [0.05, 0.1) is 23.6 Å². The molecule has 0 radical (unpaired) electrons. The van der Waals surface area contributed by atoms with E-state index in [1.54, 1.807) is 12.1 Å². The summed E-state index contributed by atoms with van der Waals surface area (Å²) < 4.78 is 15.5. The van der Waals surface area contributed by atoms with Crippen molar-refractivity contribution in [3.05, 3.63) is 88.5 Å². The molecule has 2 aromatic carbocycles. The number of hydrogen-bond donors (Lipinski definition) is 1. The zero-order valence-electron chi connectivity index (χ0n) is 22.0. The SMILES string of the molecule is CN(C(=O)NC1C[C@H]2CCC3=Cc4c(cnn4-c4ccc(F)cc4)C[C@@]32c2ccccc21)C1CCCCC1.[HH]. The normalized spacial score (nSPS) is 26.0. The molecule has 5 nitrogen and oxygen atoms in total.